The number of carbonyl (C=O) groups is 1. The Morgan fingerprint density at radius 1 is 1.16 bits per heavy atom. The molecule has 0 saturated heterocycles. The molecule has 0 radical (unpaired) electrons. The van der Waals surface area contributed by atoms with Gasteiger partial charge in [0.2, 0.25) is 0 Å². The van der Waals surface area contributed by atoms with Crippen LogP contribution >= 0.6 is 0 Å². The lowest BCUT2D eigenvalue weighted by molar-refractivity contribution is -0.137. The quantitative estimate of drug-likeness (QED) is 0.817. The zero-order valence-corrected chi connectivity index (χ0v) is 15.2. The number of carboxylic acid groups (broad SMARTS) is 1. The molecule has 6 nitrogen and oxygen atoms in total. The van der Waals surface area contributed by atoms with E-state index in [0.717, 1.165) is 9.87 Å². The highest BCUT2D eigenvalue weighted by Gasteiger charge is 2.35. The van der Waals surface area contributed by atoms with Gasteiger partial charge in [-0.1, -0.05) is 29.8 Å². The summed E-state index contributed by atoms with van der Waals surface area (Å²) < 4.78 is 32.7. The van der Waals surface area contributed by atoms with E-state index in [0.29, 0.717) is 12.4 Å². The van der Waals surface area contributed by atoms with Crippen LogP contribution in [0.2, 0.25) is 0 Å². The Morgan fingerprint density at radius 3 is 2.32 bits per heavy atom. The number of nitrogens with zero attached hydrogens (tertiary/aromatic N) is 1. The van der Waals surface area contributed by atoms with E-state index in [4.69, 9.17) is 4.74 Å². The number of benzene rings is 2. The first-order valence-electron chi connectivity index (χ1n) is 7.84. The molecular weight excluding hydrogens is 342 g/mol. The smallest absolute Gasteiger partial charge is 0.327 e. The molecule has 1 unspecified atom stereocenters. The van der Waals surface area contributed by atoms with Crippen molar-refractivity contribution in [2.45, 2.75) is 31.7 Å². The van der Waals surface area contributed by atoms with Crippen molar-refractivity contribution in [3.8, 4) is 5.75 Å². The summed E-state index contributed by atoms with van der Waals surface area (Å²) in [4.78, 5) is 11.6. The van der Waals surface area contributed by atoms with Gasteiger partial charge in [0.1, 0.15) is 11.8 Å². The predicted octanol–water partition coefficient (Wildman–Crippen LogP) is 3.06. The SMILES string of the molecule is CCOc1ccccc1N(C(C)C(=O)O)S(=O)(=O)c1ccc(C)cc1. The maximum Gasteiger partial charge on any atom is 0.327 e. The van der Waals surface area contributed by atoms with Crippen LogP contribution in [0.5, 0.6) is 5.75 Å². The van der Waals surface area contributed by atoms with Crippen LogP contribution < -0.4 is 9.04 Å². The topological polar surface area (TPSA) is 83.9 Å². The molecule has 0 aromatic heterocycles. The van der Waals surface area contributed by atoms with E-state index in [1.165, 1.54) is 25.1 Å². The van der Waals surface area contributed by atoms with E-state index in [9.17, 15) is 18.3 Å². The summed E-state index contributed by atoms with van der Waals surface area (Å²) in [6.07, 6.45) is 0. The van der Waals surface area contributed by atoms with Crippen LogP contribution in [0.4, 0.5) is 5.69 Å². The second-order valence-corrected chi connectivity index (χ2v) is 7.34. The third-order valence-corrected chi connectivity index (χ3v) is 5.59. The number of aliphatic carboxylic acids is 1. The van der Waals surface area contributed by atoms with Gasteiger partial charge in [0.25, 0.3) is 10.0 Å². The van der Waals surface area contributed by atoms with Crippen molar-refractivity contribution < 1.29 is 23.1 Å². The van der Waals surface area contributed by atoms with E-state index in [-0.39, 0.29) is 10.6 Å². The number of hydrogen-bond donors (Lipinski definition) is 1. The van der Waals surface area contributed by atoms with Crippen LogP contribution in [0.15, 0.2) is 53.4 Å². The van der Waals surface area contributed by atoms with Crippen LogP contribution in [-0.2, 0) is 14.8 Å². The van der Waals surface area contributed by atoms with E-state index < -0.39 is 22.0 Å². The van der Waals surface area contributed by atoms with Crippen molar-refractivity contribution in [2.24, 2.45) is 0 Å². The summed E-state index contributed by atoms with van der Waals surface area (Å²) in [7, 11) is -4.08. The van der Waals surface area contributed by atoms with Crippen LogP contribution in [0.25, 0.3) is 0 Å². The minimum absolute atomic E-state index is 0.0255. The van der Waals surface area contributed by atoms with Crippen molar-refractivity contribution in [2.75, 3.05) is 10.9 Å². The molecule has 25 heavy (non-hydrogen) atoms. The first-order valence-corrected chi connectivity index (χ1v) is 9.28. The van der Waals surface area contributed by atoms with Crippen molar-refractivity contribution in [3.63, 3.8) is 0 Å². The van der Waals surface area contributed by atoms with Gasteiger partial charge in [0.15, 0.2) is 0 Å². The standard InChI is InChI=1S/C18H21NO5S/c1-4-24-17-8-6-5-7-16(17)19(14(3)18(20)21)25(22,23)15-11-9-13(2)10-12-15/h5-12,14H,4H2,1-3H3,(H,20,21). The molecule has 0 amide bonds. The normalized spacial score (nSPS) is 12.4. The van der Waals surface area contributed by atoms with Crippen LogP contribution in [0.3, 0.4) is 0 Å². The Morgan fingerprint density at radius 2 is 1.76 bits per heavy atom. The molecule has 0 heterocycles. The lowest BCUT2D eigenvalue weighted by Crippen LogP contribution is -2.43. The Labute approximate surface area is 147 Å². The number of anilines is 1. The second-order valence-electron chi connectivity index (χ2n) is 5.53. The molecule has 0 saturated carbocycles. The minimum Gasteiger partial charge on any atom is -0.492 e. The maximum absolute atomic E-state index is 13.2. The number of carboxylic acids is 1. The molecule has 1 atom stereocenters. The van der Waals surface area contributed by atoms with E-state index in [1.54, 1.807) is 37.3 Å². The fourth-order valence-electron chi connectivity index (χ4n) is 2.39. The lowest BCUT2D eigenvalue weighted by Gasteiger charge is -2.29. The Balaban J connectivity index is 2.65. The molecular formula is C18H21NO5S. The second kappa shape index (κ2) is 7.57. The number of aryl methyl sites for hydroxylation is 1. The molecule has 2 rings (SSSR count). The number of sulfonamides is 1. The highest BCUT2D eigenvalue weighted by atomic mass is 32.2. The Hall–Kier alpha value is -2.54. The Kier molecular flexibility index (Phi) is 5.69. The molecule has 0 bridgehead atoms. The lowest BCUT2D eigenvalue weighted by atomic mass is 10.2. The highest BCUT2D eigenvalue weighted by Crippen LogP contribution is 2.34. The Bertz CT molecular complexity index is 846. The zero-order chi connectivity index (χ0) is 18.6. The molecule has 0 spiro atoms. The zero-order valence-electron chi connectivity index (χ0n) is 14.3. The van der Waals surface area contributed by atoms with E-state index >= 15 is 0 Å². The van der Waals surface area contributed by atoms with E-state index in [1.807, 2.05) is 6.92 Å². The van der Waals surface area contributed by atoms with Crippen LogP contribution in [0.1, 0.15) is 19.4 Å². The summed E-state index contributed by atoms with van der Waals surface area (Å²) in [6, 6.07) is 11.5. The number of para-hydroxylation sites is 2. The van der Waals surface area contributed by atoms with Crippen molar-refractivity contribution in [1.82, 2.24) is 0 Å². The first kappa shape index (κ1) is 18.8. The minimum atomic E-state index is -4.08. The van der Waals surface area contributed by atoms with Crippen LogP contribution in [-0.4, -0.2) is 32.1 Å². The van der Waals surface area contributed by atoms with Gasteiger partial charge in [-0.3, -0.25) is 0 Å². The average molecular weight is 363 g/mol. The van der Waals surface area contributed by atoms with Gasteiger partial charge in [-0.25, -0.2) is 17.5 Å². The predicted molar refractivity (Wildman–Crippen MR) is 95.6 cm³/mol. The molecule has 7 heteroatoms. The number of rotatable bonds is 7. The maximum atomic E-state index is 13.2. The van der Waals surface area contributed by atoms with Crippen molar-refractivity contribution in [3.05, 3.63) is 54.1 Å². The van der Waals surface area contributed by atoms with Crippen molar-refractivity contribution >= 4 is 21.7 Å². The third kappa shape index (κ3) is 3.93. The van der Waals surface area contributed by atoms with Gasteiger partial charge in [0.05, 0.1) is 17.2 Å². The van der Waals surface area contributed by atoms with Gasteiger partial charge in [-0.2, -0.15) is 0 Å². The highest BCUT2D eigenvalue weighted by molar-refractivity contribution is 7.93. The molecule has 0 aliphatic carbocycles. The van der Waals surface area contributed by atoms with Gasteiger partial charge < -0.3 is 9.84 Å². The van der Waals surface area contributed by atoms with Crippen LogP contribution in [0, 0.1) is 6.92 Å². The summed E-state index contributed by atoms with van der Waals surface area (Å²) in [5, 5.41) is 9.44. The molecule has 134 valence electrons. The van der Waals surface area contributed by atoms with Crippen molar-refractivity contribution in [1.29, 1.82) is 0 Å². The number of ether oxygens (including phenoxy) is 1. The van der Waals surface area contributed by atoms with Gasteiger partial charge in [-0.05, 0) is 45.0 Å². The summed E-state index contributed by atoms with van der Waals surface area (Å²) in [6.45, 7) is 5.28. The molecule has 0 aliphatic rings. The van der Waals surface area contributed by atoms with Gasteiger partial charge in [-0.15, -0.1) is 0 Å². The monoisotopic (exact) mass is 363 g/mol. The fourth-order valence-corrected chi connectivity index (χ4v) is 4.01. The van der Waals surface area contributed by atoms with Gasteiger partial charge in [0, 0.05) is 0 Å². The summed E-state index contributed by atoms with van der Waals surface area (Å²) in [5.41, 5.74) is 1.10. The summed E-state index contributed by atoms with van der Waals surface area (Å²) in [5.74, 6) is -0.934. The fraction of sp³-hybridized carbons (Fsp3) is 0.278. The van der Waals surface area contributed by atoms with Gasteiger partial charge >= 0.3 is 5.97 Å². The molecule has 1 N–H and O–H groups in total. The summed E-state index contributed by atoms with van der Waals surface area (Å²) >= 11 is 0. The average Bonchev–Trinajstić information content (AvgIpc) is 2.57. The molecule has 0 fully saturated rings. The largest absolute Gasteiger partial charge is 0.492 e. The third-order valence-electron chi connectivity index (χ3n) is 3.69. The number of hydrogen-bond acceptors (Lipinski definition) is 4. The molecule has 2 aromatic rings. The molecule has 0 aliphatic heterocycles. The van der Waals surface area contributed by atoms with E-state index in [2.05, 4.69) is 0 Å². The molecule has 2 aromatic carbocycles. The first-order chi connectivity index (χ1) is 11.8.